The zero-order valence-electron chi connectivity index (χ0n) is 20.1. The highest BCUT2D eigenvalue weighted by molar-refractivity contribution is 5.14. The molecule has 1 nitrogen and oxygen atoms in total. The fourth-order valence-corrected chi connectivity index (χ4v) is 4.24. The number of benzene rings is 1. The lowest BCUT2D eigenvalue weighted by molar-refractivity contribution is 0.233. The maximum Gasteiger partial charge on any atom is 0.0233 e. The van der Waals surface area contributed by atoms with Crippen LogP contribution in [0.25, 0.3) is 0 Å². The lowest BCUT2D eigenvalue weighted by Crippen LogP contribution is -2.28. The van der Waals surface area contributed by atoms with Crippen molar-refractivity contribution in [3.63, 3.8) is 0 Å². The van der Waals surface area contributed by atoms with Crippen LogP contribution in [0.3, 0.4) is 0 Å². The van der Waals surface area contributed by atoms with E-state index in [1.807, 2.05) is 0 Å². The van der Waals surface area contributed by atoms with Gasteiger partial charge in [-0.15, -0.1) is 0 Å². The van der Waals surface area contributed by atoms with E-state index >= 15 is 0 Å². The fraction of sp³-hybridized carbons (Fsp3) is 0.786. The Morgan fingerprint density at radius 2 is 1.03 bits per heavy atom. The first-order valence-electron chi connectivity index (χ1n) is 13.0. The maximum absolute atomic E-state index is 2.50. The van der Waals surface area contributed by atoms with Crippen molar-refractivity contribution < 1.29 is 0 Å². The Morgan fingerprint density at radius 1 is 0.621 bits per heavy atom. The number of unbranched alkanes of at least 4 members (excludes halogenated alkanes) is 15. The first-order chi connectivity index (χ1) is 14.2. The molecule has 0 spiro atoms. The van der Waals surface area contributed by atoms with Gasteiger partial charge in [0.15, 0.2) is 0 Å². The van der Waals surface area contributed by atoms with E-state index in [2.05, 4.69) is 56.1 Å². The quantitative estimate of drug-likeness (QED) is 0.197. The third-order valence-electron chi connectivity index (χ3n) is 6.50. The average molecular weight is 402 g/mol. The number of rotatable bonds is 20. The summed E-state index contributed by atoms with van der Waals surface area (Å²) in [6.07, 6.45) is 24.5. The Balaban J connectivity index is 1.81. The van der Waals surface area contributed by atoms with Crippen LogP contribution < -0.4 is 0 Å². The van der Waals surface area contributed by atoms with Gasteiger partial charge in [0.2, 0.25) is 0 Å². The highest BCUT2D eigenvalue weighted by Crippen LogP contribution is 2.16. The molecule has 0 amide bonds. The van der Waals surface area contributed by atoms with Crippen LogP contribution in [0.15, 0.2) is 30.3 Å². The van der Waals surface area contributed by atoms with Crippen molar-refractivity contribution in [2.45, 2.75) is 136 Å². The molecule has 1 aromatic rings. The fourth-order valence-electron chi connectivity index (χ4n) is 4.24. The molecule has 168 valence electrons. The highest BCUT2D eigenvalue weighted by Gasteiger charge is 2.09. The largest absolute Gasteiger partial charge is 0.299 e. The average Bonchev–Trinajstić information content (AvgIpc) is 2.74. The summed E-state index contributed by atoms with van der Waals surface area (Å²) >= 11 is 0. The smallest absolute Gasteiger partial charge is 0.0233 e. The van der Waals surface area contributed by atoms with Gasteiger partial charge in [-0.2, -0.15) is 0 Å². The van der Waals surface area contributed by atoms with Gasteiger partial charge in [0.1, 0.15) is 0 Å². The molecule has 0 radical (unpaired) electrons. The Hall–Kier alpha value is -0.820. The van der Waals surface area contributed by atoms with Crippen LogP contribution in [0.2, 0.25) is 0 Å². The maximum atomic E-state index is 2.50. The second kappa shape index (κ2) is 19.2. The summed E-state index contributed by atoms with van der Waals surface area (Å²) in [5.74, 6) is 0. The van der Waals surface area contributed by atoms with Crippen LogP contribution in [0.1, 0.15) is 129 Å². The molecule has 29 heavy (non-hydrogen) atoms. The predicted molar refractivity (Wildman–Crippen MR) is 132 cm³/mol. The third-order valence-corrected chi connectivity index (χ3v) is 6.50. The van der Waals surface area contributed by atoms with Crippen LogP contribution in [-0.4, -0.2) is 18.0 Å². The number of hydrogen-bond acceptors (Lipinski definition) is 1. The number of nitrogens with zero attached hydrogens (tertiary/aromatic N) is 1. The molecule has 0 aliphatic heterocycles. The minimum absolute atomic E-state index is 0.682. The lowest BCUT2D eigenvalue weighted by Gasteiger charge is -2.24. The van der Waals surface area contributed by atoms with Gasteiger partial charge in [-0.1, -0.05) is 140 Å². The van der Waals surface area contributed by atoms with E-state index in [9.17, 15) is 0 Å². The number of hydrogen-bond donors (Lipinski definition) is 0. The summed E-state index contributed by atoms with van der Waals surface area (Å²) < 4.78 is 0. The molecule has 1 rings (SSSR count). The summed E-state index contributed by atoms with van der Waals surface area (Å²) in [6, 6.07) is 11.5. The zero-order valence-corrected chi connectivity index (χ0v) is 20.1. The first-order valence-corrected chi connectivity index (χ1v) is 13.0. The van der Waals surface area contributed by atoms with Crippen LogP contribution in [0, 0.1) is 0 Å². The molecular formula is C28H51N. The molecule has 0 N–H and O–H groups in total. The molecule has 1 aromatic carbocycles. The SMILES string of the molecule is CCCCCCCCCCCCCCCCCCC(C)N(C)Cc1ccccc1. The van der Waals surface area contributed by atoms with E-state index in [0.717, 1.165) is 6.54 Å². The van der Waals surface area contributed by atoms with Crippen molar-refractivity contribution in [2.75, 3.05) is 7.05 Å². The molecule has 0 saturated heterocycles. The monoisotopic (exact) mass is 401 g/mol. The minimum atomic E-state index is 0.682. The molecule has 1 heteroatoms. The van der Waals surface area contributed by atoms with E-state index in [-0.39, 0.29) is 0 Å². The van der Waals surface area contributed by atoms with E-state index in [1.165, 1.54) is 115 Å². The van der Waals surface area contributed by atoms with E-state index in [0.29, 0.717) is 6.04 Å². The second-order valence-corrected chi connectivity index (χ2v) is 9.34. The molecule has 0 aromatic heterocycles. The van der Waals surface area contributed by atoms with Crippen molar-refractivity contribution in [1.82, 2.24) is 4.90 Å². The summed E-state index contributed by atoms with van der Waals surface area (Å²) in [4.78, 5) is 2.50. The highest BCUT2D eigenvalue weighted by atomic mass is 15.1. The van der Waals surface area contributed by atoms with Crippen molar-refractivity contribution in [3.05, 3.63) is 35.9 Å². The zero-order chi connectivity index (χ0) is 21.0. The van der Waals surface area contributed by atoms with Crippen LogP contribution in [0.4, 0.5) is 0 Å². The summed E-state index contributed by atoms with van der Waals surface area (Å²) in [6.45, 7) is 5.75. The molecule has 0 bridgehead atoms. The van der Waals surface area contributed by atoms with Crippen molar-refractivity contribution in [1.29, 1.82) is 0 Å². The van der Waals surface area contributed by atoms with Gasteiger partial charge >= 0.3 is 0 Å². The Morgan fingerprint density at radius 3 is 1.48 bits per heavy atom. The van der Waals surface area contributed by atoms with Gasteiger partial charge in [0.25, 0.3) is 0 Å². The van der Waals surface area contributed by atoms with E-state index < -0.39 is 0 Å². The Kier molecular flexibility index (Phi) is 17.3. The Labute approximate surface area is 183 Å². The van der Waals surface area contributed by atoms with E-state index in [4.69, 9.17) is 0 Å². The van der Waals surface area contributed by atoms with Gasteiger partial charge < -0.3 is 0 Å². The van der Waals surface area contributed by atoms with E-state index in [1.54, 1.807) is 0 Å². The van der Waals surface area contributed by atoms with Crippen molar-refractivity contribution in [2.24, 2.45) is 0 Å². The molecule has 1 atom stereocenters. The molecular weight excluding hydrogens is 350 g/mol. The first kappa shape index (κ1) is 26.2. The molecule has 0 heterocycles. The van der Waals surface area contributed by atoms with Crippen LogP contribution >= 0.6 is 0 Å². The third kappa shape index (κ3) is 15.7. The summed E-state index contributed by atoms with van der Waals surface area (Å²) in [5.41, 5.74) is 1.42. The standard InChI is InChI=1S/C28H51N/c1-4-5-6-7-8-9-10-11-12-13-14-15-16-17-18-20-23-27(2)29(3)26-28-24-21-19-22-25-28/h19,21-22,24-25,27H,4-18,20,23,26H2,1-3H3. The summed E-state index contributed by atoms with van der Waals surface area (Å²) in [5, 5.41) is 0. The predicted octanol–water partition coefficient (Wildman–Crippen LogP) is 9.16. The van der Waals surface area contributed by atoms with Crippen molar-refractivity contribution >= 4 is 0 Å². The van der Waals surface area contributed by atoms with Gasteiger partial charge in [0, 0.05) is 12.6 Å². The normalized spacial score (nSPS) is 12.6. The van der Waals surface area contributed by atoms with Crippen molar-refractivity contribution in [3.8, 4) is 0 Å². The van der Waals surface area contributed by atoms with Gasteiger partial charge in [-0.3, -0.25) is 4.90 Å². The second-order valence-electron chi connectivity index (χ2n) is 9.34. The molecule has 0 aliphatic carbocycles. The Bertz CT molecular complexity index is 441. The molecule has 0 aliphatic rings. The van der Waals surface area contributed by atoms with Crippen LogP contribution in [-0.2, 0) is 6.54 Å². The lowest BCUT2D eigenvalue weighted by atomic mass is 10.0. The van der Waals surface area contributed by atoms with Gasteiger partial charge in [-0.05, 0) is 26.0 Å². The van der Waals surface area contributed by atoms with Gasteiger partial charge in [0.05, 0.1) is 0 Å². The topological polar surface area (TPSA) is 3.24 Å². The summed E-state index contributed by atoms with van der Waals surface area (Å²) in [7, 11) is 2.27. The molecule has 0 saturated carbocycles. The van der Waals surface area contributed by atoms with Crippen LogP contribution in [0.5, 0.6) is 0 Å². The molecule has 0 fully saturated rings. The van der Waals surface area contributed by atoms with Gasteiger partial charge in [-0.25, -0.2) is 0 Å². The minimum Gasteiger partial charge on any atom is -0.299 e. The molecule has 1 unspecified atom stereocenters.